The van der Waals surface area contributed by atoms with Crippen molar-refractivity contribution in [3.8, 4) is 0 Å². The number of halogens is 5. The number of hydrogen-bond donors (Lipinski definition) is 1. The second-order valence-corrected chi connectivity index (χ2v) is 4.33. The fraction of sp³-hybridized carbons (Fsp3) is 0.308. The van der Waals surface area contributed by atoms with Gasteiger partial charge >= 0.3 is 0 Å². The molecule has 0 aliphatic carbocycles. The highest BCUT2D eigenvalue weighted by Gasteiger charge is 2.30. The maximum Gasteiger partial charge on any atom is 0.200 e. The van der Waals surface area contributed by atoms with Gasteiger partial charge in [0.2, 0.25) is 5.82 Å². The number of nitrogens with zero attached hydrogens (tertiary/aromatic N) is 2. The summed E-state index contributed by atoms with van der Waals surface area (Å²) in [5.41, 5.74) is -1.25. The molecule has 1 N–H and O–H groups in total. The van der Waals surface area contributed by atoms with E-state index in [0.29, 0.717) is 6.54 Å². The number of aromatic nitrogens is 2. The summed E-state index contributed by atoms with van der Waals surface area (Å²) in [4.78, 5) is 3.87. The molecule has 1 aromatic carbocycles. The number of imidazole rings is 1. The lowest BCUT2D eigenvalue weighted by molar-refractivity contribution is 0.160. The maximum atomic E-state index is 13.6. The predicted octanol–water partition coefficient (Wildman–Crippen LogP) is 2.87. The van der Waals surface area contributed by atoms with Crippen molar-refractivity contribution in [3.63, 3.8) is 0 Å². The highest BCUT2D eigenvalue weighted by molar-refractivity contribution is 5.26. The summed E-state index contributed by atoms with van der Waals surface area (Å²) in [6.45, 7) is 2.26. The summed E-state index contributed by atoms with van der Waals surface area (Å²) in [5, 5.41) is 9.82. The first-order valence-electron chi connectivity index (χ1n) is 6.07. The van der Waals surface area contributed by atoms with Gasteiger partial charge in [-0.3, -0.25) is 0 Å². The smallest absolute Gasteiger partial charge is 0.200 e. The van der Waals surface area contributed by atoms with Gasteiger partial charge in [-0.2, -0.15) is 0 Å². The Balaban J connectivity index is 2.42. The molecule has 1 unspecified atom stereocenters. The van der Waals surface area contributed by atoms with Crippen molar-refractivity contribution >= 4 is 0 Å². The van der Waals surface area contributed by atoms with Crippen LogP contribution in [0.4, 0.5) is 22.0 Å². The van der Waals surface area contributed by atoms with Crippen LogP contribution in [0.2, 0.25) is 0 Å². The Bertz CT molecular complexity index is 642. The monoisotopic (exact) mass is 306 g/mol. The third-order valence-corrected chi connectivity index (χ3v) is 3.10. The fourth-order valence-corrected chi connectivity index (χ4v) is 2.01. The predicted molar refractivity (Wildman–Crippen MR) is 62.8 cm³/mol. The number of aliphatic hydroxyl groups excluding tert-OH is 1. The van der Waals surface area contributed by atoms with E-state index < -0.39 is 40.8 Å². The van der Waals surface area contributed by atoms with Gasteiger partial charge in [0.25, 0.3) is 0 Å². The summed E-state index contributed by atoms with van der Waals surface area (Å²) in [7, 11) is 0. The summed E-state index contributed by atoms with van der Waals surface area (Å²) < 4.78 is 67.8. The molecule has 114 valence electrons. The van der Waals surface area contributed by atoms with E-state index in [1.807, 2.05) is 0 Å². The van der Waals surface area contributed by atoms with Gasteiger partial charge in [-0.25, -0.2) is 26.9 Å². The van der Waals surface area contributed by atoms with Crippen molar-refractivity contribution in [1.82, 2.24) is 9.55 Å². The Morgan fingerprint density at radius 3 is 2.10 bits per heavy atom. The van der Waals surface area contributed by atoms with Crippen LogP contribution in [0.3, 0.4) is 0 Å². The van der Waals surface area contributed by atoms with Crippen molar-refractivity contribution in [2.24, 2.45) is 0 Å². The molecule has 1 heterocycles. The molecule has 0 saturated carbocycles. The molecule has 0 spiro atoms. The first-order chi connectivity index (χ1) is 9.88. The molecule has 1 aromatic heterocycles. The first kappa shape index (κ1) is 15.4. The van der Waals surface area contributed by atoms with Gasteiger partial charge in [-0.15, -0.1) is 0 Å². The Morgan fingerprint density at radius 2 is 1.57 bits per heavy atom. The zero-order valence-electron chi connectivity index (χ0n) is 10.9. The average molecular weight is 306 g/mol. The minimum absolute atomic E-state index is 0.272. The van der Waals surface area contributed by atoms with Crippen molar-refractivity contribution < 1.29 is 27.1 Å². The molecule has 2 aromatic rings. The quantitative estimate of drug-likeness (QED) is 0.536. The third-order valence-electron chi connectivity index (χ3n) is 3.10. The average Bonchev–Trinajstić information content (AvgIpc) is 2.90. The van der Waals surface area contributed by atoms with Gasteiger partial charge in [0.1, 0.15) is 5.82 Å². The normalized spacial score (nSPS) is 12.7. The fourth-order valence-electron chi connectivity index (χ4n) is 2.01. The second kappa shape index (κ2) is 5.80. The zero-order valence-corrected chi connectivity index (χ0v) is 10.9. The molecule has 0 aliphatic heterocycles. The second-order valence-electron chi connectivity index (χ2n) is 4.33. The topological polar surface area (TPSA) is 38.0 Å². The Labute approximate surface area is 116 Å². The number of hydrogen-bond acceptors (Lipinski definition) is 2. The largest absolute Gasteiger partial charge is 0.388 e. The van der Waals surface area contributed by atoms with Crippen molar-refractivity contribution in [3.05, 3.63) is 52.9 Å². The molecule has 2 rings (SSSR count). The highest BCUT2D eigenvalue weighted by Crippen LogP contribution is 2.29. The number of aryl methyl sites for hydroxylation is 1. The Kier molecular flexibility index (Phi) is 4.26. The molecule has 0 fully saturated rings. The molecule has 1 atom stereocenters. The Morgan fingerprint density at radius 1 is 1.05 bits per heavy atom. The molecule has 0 amide bonds. The third kappa shape index (κ3) is 2.63. The van der Waals surface area contributed by atoms with Crippen LogP contribution in [-0.4, -0.2) is 14.7 Å². The highest BCUT2D eigenvalue weighted by atomic mass is 19.2. The van der Waals surface area contributed by atoms with Gasteiger partial charge in [-0.1, -0.05) is 0 Å². The summed E-state index contributed by atoms with van der Waals surface area (Å²) in [6.07, 6.45) is 0.700. The van der Waals surface area contributed by atoms with Crippen molar-refractivity contribution in [1.29, 1.82) is 0 Å². The standard InChI is InChI=1S/C13H11F5N2O/c1-2-20-4-3-19-7(20)5-6(21)8-9(14)11(16)13(18)12(17)10(8)15/h3-4,6,21H,2,5H2,1H3. The van der Waals surface area contributed by atoms with Crippen LogP contribution < -0.4 is 0 Å². The van der Waals surface area contributed by atoms with Crippen LogP contribution >= 0.6 is 0 Å². The van der Waals surface area contributed by atoms with E-state index in [4.69, 9.17) is 0 Å². The summed E-state index contributed by atoms with van der Waals surface area (Å²) in [6, 6.07) is 0. The minimum atomic E-state index is -2.25. The van der Waals surface area contributed by atoms with Crippen LogP contribution in [0.1, 0.15) is 24.4 Å². The number of benzene rings is 1. The van der Waals surface area contributed by atoms with Crippen molar-refractivity contribution in [2.75, 3.05) is 0 Å². The van der Waals surface area contributed by atoms with Crippen LogP contribution in [0.25, 0.3) is 0 Å². The Hall–Kier alpha value is -1.96. The van der Waals surface area contributed by atoms with Gasteiger partial charge in [0.05, 0.1) is 11.7 Å². The van der Waals surface area contributed by atoms with Gasteiger partial charge < -0.3 is 9.67 Å². The molecular weight excluding hydrogens is 295 g/mol. The van der Waals surface area contributed by atoms with Gasteiger partial charge in [0, 0.05) is 25.4 Å². The van der Waals surface area contributed by atoms with Crippen LogP contribution in [0.5, 0.6) is 0 Å². The van der Waals surface area contributed by atoms with E-state index in [0.717, 1.165) is 0 Å². The van der Waals surface area contributed by atoms with Crippen molar-refractivity contribution in [2.45, 2.75) is 26.0 Å². The van der Waals surface area contributed by atoms with Crippen LogP contribution in [0.15, 0.2) is 12.4 Å². The van der Waals surface area contributed by atoms with E-state index in [-0.39, 0.29) is 12.2 Å². The molecule has 0 saturated heterocycles. The van der Waals surface area contributed by atoms with E-state index in [1.165, 1.54) is 6.20 Å². The lowest BCUT2D eigenvalue weighted by atomic mass is 10.0. The van der Waals surface area contributed by atoms with Gasteiger partial charge in [-0.05, 0) is 6.92 Å². The van der Waals surface area contributed by atoms with Crippen LogP contribution in [-0.2, 0) is 13.0 Å². The molecule has 21 heavy (non-hydrogen) atoms. The maximum absolute atomic E-state index is 13.6. The molecule has 8 heteroatoms. The number of aliphatic hydroxyl groups is 1. The molecule has 0 aliphatic rings. The first-order valence-corrected chi connectivity index (χ1v) is 6.07. The van der Waals surface area contributed by atoms with E-state index in [1.54, 1.807) is 17.7 Å². The molecule has 0 bridgehead atoms. The molecule has 0 radical (unpaired) electrons. The SMILES string of the molecule is CCn1ccnc1CC(O)c1c(F)c(F)c(F)c(F)c1F. The van der Waals surface area contributed by atoms with E-state index in [2.05, 4.69) is 4.98 Å². The summed E-state index contributed by atoms with van der Waals surface area (Å²) in [5.74, 6) is -10.2. The van der Waals surface area contributed by atoms with Gasteiger partial charge in [0.15, 0.2) is 23.3 Å². The lowest BCUT2D eigenvalue weighted by Crippen LogP contribution is -2.15. The lowest BCUT2D eigenvalue weighted by Gasteiger charge is -2.14. The van der Waals surface area contributed by atoms with E-state index in [9.17, 15) is 27.1 Å². The molecule has 3 nitrogen and oxygen atoms in total. The summed E-state index contributed by atoms with van der Waals surface area (Å²) >= 11 is 0. The van der Waals surface area contributed by atoms with Crippen LogP contribution in [0, 0.1) is 29.1 Å². The molecular formula is C13H11F5N2O. The number of rotatable bonds is 4. The minimum Gasteiger partial charge on any atom is -0.388 e. The zero-order chi connectivity index (χ0) is 15.7. The van der Waals surface area contributed by atoms with E-state index >= 15 is 0 Å².